The summed E-state index contributed by atoms with van der Waals surface area (Å²) >= 11 is 0. The van der Waals surface area contributed by atoms with Crippen LogP contribution < -0.4 is 0 Å². The van der Waals surface area contributed by atoms with Crippen molar-refractivity contribution < 1.29 is 14.3 Å². The number of carbonyl (C=O) groups is 1. The summed E-state index contributed by atoms with van der Waals surface area (Å²) < 4.78 is 17.0. The Labute approximate surface area is 178 Å². The molecule has 4 aliphatic rings. The van der Waals surface area contributed by atoms with Crippen LogP contribution in [0.1, 0.15) is 71.0 Å². The second kappa shape index (κ2) is 7.07. The molecule has 0 saturated heterocycles. The van der Waals surface area contributed by atoms with Crippen LogP contribution in [0, 0.1) is 47.8 Å². The molecule has 4 fully saturated rings. The minimum absolute atomic E-state index is 0.0148. The molecule has 0 radical (unpaired) electrons. The van der Waals surface area contributed by atoms with Gasteiger partial charge in [0.1, 0.15) is 18.5 Å². The van der Waals surface area contributed by atoms with Crippen molar-refractivity contribution in [2.75, 3.05) is 0 Å². The zero-order valence-electron chi connectivity index (χ0n) is 18.4. The van der Waals surface area contributed by atoms with Gasteiger partial charge in [-0.05, 0) is 111 Å². The van der Waals surface area contributed by atoms with E-state index in [0.717, 1.165) is 38.5 Å². The number of hydrogen-bond acceptors (Lipinski definition) is 5. The van der Waals surface area contributed by atoms with Gasteiger partial charge in [-0.3, -0.25) is 4.79 Å². The van der Waals surface area contributed by atoms with Crippen LogP contribution in [-0.4, -0.2) is 42.9 Å². The molecule has 7 heteroatoms. The number of aromatic nitrogens is 4. The Kier molecular flexibility index (Phi) is 4.84. The van der Waals surface area contributed by atoms with Gasteiger partial charge in [-0.25, -0.2) is 9.07 Å². The van der Waals surface area contributed by atoms with Crippen LogP contribution in [0.15, 0.2) is 0 Å². The van der Waals surface area contributed by atoms with Gasteiger partial charge in [0.2, 0.25) is 0 Å². The fourth-order valence-corrected chi connectivity index (χ4v) is 8.18. The van der Waals surface area contributed by atoms with Gasteiger partial charge in [0.15, 0.2) is 5.78 Å². The number of hydrogen-bond donors (Lipinski definition) is 1. The fraction of sp³-hybridized carbons (Fsp3) is 0.913. The van der Waals surface area contributed by atoms with Gasteiger partial charge >= 0.3 is 0 Å². The lowest BCUT2D eigenvalue weighted by molar-refractivity contribution is -0.139. The molecule has 1 heterocycles. The van der Waals surface area contributed by atoms with Crippen LogP contribution in [0.2, 0.25) is 0 Å². The molecule has 166 valence electrons. The highest BCUT2D eigenvalue weighted by Crippen LogP contribution is 2.65. The van der Waals surface area contributed by atoms with E-state index >= 15 is 4.39 Å². The normalized spacial score (nSPS) is 48.0. The minimum atomic E-state index is -0.816. The molecule has 1 aromatic heterocycles. The second-order valence-electron chi connectivity index (χ2n) is 11.3. The summed E-state index contributed by atoms with van der Waals surface area (Å²) in [6.45, 7) is 6.23. The van der Waals surface area contributed by atoms with Crippen molar-refractivity contribution >= 4 is 5.78 Å². The first-order valence-electron chi connectivity index (χ1n) is 11.8. The Balaban J connectivity index is 1.35. The molecule has 30 heavy (non-hydrogen) atoms. The van der Waals surface area contributed by atoms with Crippen LogP contribution in [0.25, 0.3) is 0 Å². The third kappa shape index (κ3) is 3.14. The van der Waals surface area contributed by atoms with E-state index in [2.05, 4.69) is 22.4 Å². The number of aryl methyl sites for hydroxylation is 1. The number of rotatable bonds is 3. The number of ketones is 1. The lowest BCUT2D eigenvalue weighted by atomic mass is 9.48. The molecular formula is C23H35FN4O2. The van der Waals surface area contributed by atoms with E-state index in [4.69, 9.17) is 0 Å². The molecule has 4 saturated carbocycles. The quantitative estimate of drug-likeness (QED) is 0.812. The van der Waals surface area contributed by atoms with Gasteiger partial charge in [0.05, 0.1) is 5.60 Å². The maximum Gasteiger partial charge on any atom is 0.158 e. The standard InChI is InChI=1S/C23H35FN4O2/c1-13-25-26-27-28(13)12-21(29)19-5-4-18-16-10-20(24)17-11-22(2,30)8-6-15(17)14(16)7-9-23(18,19)3/h14-20,30H,4-12H2,1-3H3/t14-,15-,16-,17+,18+,19-,20-,22-,23+/m1/s1. The van der Waals surface area contributed by atoms with Crippen molar-refractivity contribution in [1.29, 1.82) is 0 Å². The Morgan fingerprint density at radius 3 is 2.60 bits per heavy atom. The maximum atomic E-state index is 15.4. The first-order valence-corrected chi connectivity index (χ1v) is 11.8. The molecule has 1 aromatic rings. The number of aliphatic hydroxyl groups is 1. The summed E-state index contributed by atoms with van der Waals surface area (Å²) in [6, 6.07) is 0. The smallest absolute Gasteiger partial charge is 0.158 e. The molecule has 0 aromatic carbocycles. The van der Waals surface area contributed by atoms with Crippen molar-refractivity contribution in [2.24, 2.45) is 40.9 Å². The van der Waals surface area contributed by atoms with Crippen LogP contribution in [0.3, 0.4) is 0 Å². The lowest BCUT2D eigenvalue weighted by Crippen LogP contribution is -2.54. The summed E-state index contributed by atoms with van der Waals surface area (Å²) in [5, 5.41) is 22.0. The highest BCUT2D eigenvalue weighted by atomic mass is 19.1. The number of alkyl halides is 1. The van der Waals surface area contributed by atoms with Crippen LogP contribution in [0.5, 0.6) is 0 Å². The van der Waals surface area contributed by atoms with Crippen molar-refractivity contribution in [3.05, 3.63) is 5.82 Å². The monoisotopic (exact) mass is 418 g/mol. The average Bonchev–Trinajstić information content (AvgIpc) is 3.24. The van der Waals surface area contributed by atoms with Gasteiger partial charge < -0.3 is 5.11 Å². The lowest BCUT2D eigenvalue weighted by Gasteiger charge is -2.57. The number of carbonyl (C=O) groups excluding carboxylic acids is 1. The van der Waals surface area contributed by atoms with Crippen molar-refractivity contribution in [2.45, 2.75) is 90.5 Å². The number of halogens is 1. The van der Waals surface area contributed by atoms with E-state index in [1.54, 1.807) is 4.68 Å². The molecule has 5 rings (SSSR count). The fourth-order valence-electron chi connectivity index (χ4n) is 8.18. The number of fused-ring (bicyclic) bond motifs is 5. The largest absolute Gasteiger partial charge is 0.390 e. The molecule has 0 aliphatic heterocycles. The molecule has 0 spiro atoms. The summed E-state index contributed by atoms with van der Waals surface area (Å²) in [6.07, 6.45) is 6.24. The molecule has 1 N–H and O–H groups in total. The molecular weight excluding hydrogens is 383 g/mol. The highest BCUT2D eigenvalue weighted by Gasteiger charge is 2.60. The van der Waals surface area contributed by atoms with Gasteiger partial charge in [-0.2, -0.15) is 0 Å². The minimum Gasteiger partial charge on any atom is -0.390 e. The van der Waals surface area contributed by atoms with Crippen molar-refractivity contribution in [3.8, 4) is 0 Å². The molecule has 9 atom stereocenters. The van der Waals surface area contributed by atoms with Gasteiger partial charge in [-0.1, -0.05) is 6.92 Å². The summed E-state index contributed by atoms with van der Waals surface area (Å²) in [5.74, 6) is 2.72. The maximum absolute atomic E-state index is 15.4. The summed E-state index contributed by atoms with van der Waals surface area (Å²) in [4.78, 5) is 13.2. The first kappa shape index (κ1) is 20.5. The zero-order chi connectivity index (χ0) is 21.3. The predicted molar refractivity (Wildman–Crippen MR) is 109 cm³/mol. The third-order valence-corrected chi connectivity index (χ3v) is 9.65. The highest BCUT2D eigenvalue weighted by molar-refractivity contribution is 5.82. The van der Waals surface area contributed by atoms with E-state index < -0.39 is 11.8 Å². The topological polar surface area (TPSA) is 80.9 Å². The number of Topliss-reactive ketones (excluding diaryl/α,β-unsaturated/α-hetero) is 1. The Bertz CT molecular complexity index is 826. The SMILES string of the molecule is Cc1nnnn1CC(=O)[C@H]1CC[C@H]2[C@@H]3C[C@@H](F)[C@H]4C[C@](C)(O)CC[C@@H]4[C@H]3CC[C@]12C. The van der Waals surface area contributed by atoms with Gasteiger partial charge in [0.25, 0.3) is 0 Å². The van der Waals surface area contributed by atoms with Gasteiger partial charge in [0, 0.05) is 5.92 Å². The van der Waals surface area contributed by atoms with E-state index in [1.807, 2.05) is 13.8 Å². The predicted octanol–water partition coefficient (Wildman–Crippen LogP) is 3.52. The molecule has 0 unspecified atom stereocenters. The van der Waals surface area contributed by atoms with E-state index in [0.29, 0.717) is 42.3 Å². The van der Waals surface area contributed by atoms with Crippen molar-refractivity contribution in [1.82, 2.24) is 20.2 Å². The molecule has 0 bridgehead atoms. The summed E-state index contributed by atoms with van der Waals surface area (Å²) in [7, 11) is 0. The third-order valence-electron chi connectivity index (χ3n) is 9.65. The van der Waals surface area contributed by atoms with Crippen LogP contribution in [0.4, 0.5) is 4.39 Å². The molecule has 0 amide bonds. The summed E-state index contributed by atoms with van der Waals surface area (Å²) in [5.41, 5.74) is -0.742. The molecule has 4 aliphatic carbocycles. The molecule has 6 nitrogen and oxygen atoms in total. The number of tetrazole rings is 1. The van der Waals surface area contributed by atoms with E-state index in [9.17, 15) is 9.90 Å². The first-order chi connectivity index (χ1) is 14.2. The van der Waals surface area contributed by atoms with E-state index in [1.165, 1.54) is 0 Å². The Morgan fingerprint density at radius 2 is 1.87 bits per heavy atom. The Hall–Kier alpha value is -1.37. The second-order valence-corrected chi connectivity index (χ2v) is 11.3. The zero-order valence-corrected chi connectivity index (χ0v) is 18.4. The van der Waals surface area contributed by atoms with Crippen LogP contribution in [-0.2, 0) is 11.3 Å². The number of nitrogens with zero attached hydrogens (tertiary/aromatic N) is 4. The average molecular weight is 419 g/mol. The van der Waals surface area contributed by atoms with E-state index in [-0.39, 0.29) is 29.6 Å². The Morgan fingerprint density at radius 1 is 1.13 bits per heavy atom. The van der Waals surface area contributed by atoms with Crippen LogP contribution >= 0.6 is 0 Å². The van der Waals surface area contributed by atoms with Gasteiger partial charge in [-0.15, -0.1) is 5.10 Å². The van der Waals surface area contributed by atoms with Crippen molar-refractivity contribution in [3.63, 3.8) is 0 Å².